The van der Waals surface area contributed by atoms with Gasteiger partial charge in [0.15, 0.2) is 0 Å². The molecule has 4 nitrogen and oxygen atoms in total. The monoisotopic (exact) mass is 268 g/mol. The van der Waals surface area contributed by atoms with E-state index < -0.39 is 9.84 Å². The molecule has 100 valence electrons. The third-order valence-corrected chi connectivity index (χ3v) is 5.02. The number of nitrogens with zero attached hydrogens (tertiary/aromatic N) is 1. The summed E-state index contributed by atoms with van der Waals surface area (Å²) in [6, 6.07) is 8.47. The molecule has 1 fully saturated rings. The van der Waals surface area contributed by atoms with E-state index in [0.29, 0.717) is 24.3 Å². The zero-order valence-corrected chi connectivity index (χ0v) is 11.7. The van der Waals surface area contributed by atoms with Crippen LogP contribution in [0.1, 0.15) is 12.8 Å². The summed E-state index contributed by atoms with van der Waals surface area (Å²) in [5.41, 5.74) is 2.22. The van der Waals surface area contributed by atoms with Gasteiger partial charge >= 0.3 is 0 Å². The van der Waals surface area contributed by atoms with Gasteiger partial charge in [-0.2, -0.15) is 0 Å². The van der Waals surface area contributed by atoms with Crippen molar-refractivity contribution < 1.29 is 8.42 Å². The predicted molar refractivity (Wildman–Crippen MR) is 76.1 cm³/mol. The fraction of sp³-hybridized carbons (Fsp3) is 0.538. The molecule has 0 spiro atoms. The van der Waals surface area contributed by atoms with E-state index in [1.807, 2.05) is 26.2 Å². The van der Waals surface area contributed by atoms with Crippen molar-refractivity contribution in [1.29, 1.82) is 0 Å². The van der Waals surface area contributed by atoms with Gasteiger partial charge in [0.1, 0.15) is 9.84 Å². The van der Waals surface area contributed by atoms with Crippen LogP contribution in [0.2, 0.25) is 0 Å². The van der Waals surface area contributed by atoms with Crippen LogP contribution in [0.25, 0.3) is 0 Å². The van der Waals surface area contributed by atoms with Gasteiger partial charge in [-0.1, -0.05) is 0 Å². The van der Waals surface area contributed by atoms with Crippen LogP contribution in [0.4, 0.5) is 11.4 Å². The lowest BCUT2D eigenvalue weighted by Gasteiger charge is -2.24. The average molecular weight is 268 g/mol. The zero-order valence-electron chi connectivity index (χ0n) is 10.9. The lowest BCUT2D eigenvalue weighted by atomic mass is 10.1. The second-order valence-corrected chi connectivity index (χ2v) is 7.32. The lowest BCUT2D eigenvalue weighted by molar-refractivity contribution is 0.559. The highest BCUT2D eigenvalue weighted by Crippen LogP contribution is 2.20. The number of hydrogen-bond acceptors (Lipinski definition) is 4. The Kier molecular flexibility index (Phi) is 3.80. The van der Waals surface area contributed by atoms with Crippen LogP contribution in [-0.2, 0) is 9.84 Å². The highest BCUT2D eigenvalue weighted by molar-refractivity contribution is 7.91. The summed E-state index contributed by atoms with van der Waals surface area (Å²) in [4.78, 5) is 2.05. The number of rotatable bonds is 3. The summed E-state index contributed by atoms with van der Waals surface area (Å²) in [5.74, 6) is 0.612. The van der Waals surface area contributed by atoms with E-state index in [4.69, 9.17) is 0 Å². The summed E-state index contributed by atoms with van der Waals surface area (Å²) >= 11 is 0. The van der Waals surface area contributed by atoms with E-state index >= 15 is 0 Å². The lowest BCUT2D eigenvalue weighted by Crippen LogP contribution is -2.32. The molecule has 0 saturated carbocycles. The molecular formula is C13H20N2O2S. The molecule has 0 atom stereocenters. The molecule has 5 heteroatoms. The molecule has 1 aliphatic heterocycles. The molecule has 1 heterocycles. The van der Waals surface area contributed by atoms with Crippen molar-refractivity contribution in [2.75, 3.05) is 35.8 Å². The molecular weight excluding hydrogens is 248 g/mol. The third-order valence-electron chi connectivity index (χ3n) is 3.31. The van der Waals surface area contributed by atoms with Crippen molar-refractivity contribution in [1.82, 2.24) is 0 Å². The first-order chi connectivity index (χ1) is 8.46. The molecule has 1 saturated heterocycles. The van der Waals surface area contributed by atoms with Gasteiger partial charge in [-0.3, -0.25) is 0 Å². The third kappa shape index (κ3) is 3.38. The van der Waals surface area contributed by atoms with Crippen LogP contribution in [0.15, 0.2) is 24.3 Å². The zero-order chi connectivity index (χ0) is 13.2. The maximum Gasteiger partial charge on any atom is 0.150 e. The maximum atomic E-state index is 11.3. The molecule has 0 aliphatic carbocycles. The Morgan fingerprint density at radius 1 is 1.11 bits per heavy atom. The minimum Gasteiger partial charge on any atom is -0.382 e. The Hall–Kier alpha value is -1.23. The van der Waals surface area contributed by atoms with Crippen molar-refractivity contribution in [2.45, 2.75) is 18.9 Å². The van der Waals surface area contributed by atoms with E-state index in [-0.39, 0.29) is 6.04 Å². The topological polar surface area (TPSA) is 49.4 Å². The van der Waals surface area contributed by atoms with Gasteiger partial charge in [0, 0.05) is 31.5 Å². The average Bonchev–Trinajstić information content (AvgIpc) is 2.33. The smallest absolute Gasteiger partial charge is 0.150 e. The number of anilines is 2. The van der Waals surface area contributed by atoms with E-state index in [9.17, 15) is 8.42 Å². The summed E-state index contributed by atoms with van der Waals surface area (Å²) < 4.78 is 22.7. The molecule has 0 unspecified atom stereocenters. The van der Waals surface area contributed by atoms with Crippen molar-refractivity contribution in [2.24, 2.45) is 0 Å². The van der Waals surface area contributed by atoms with Gasteiger partial charge in [0.2, 0.25) is 0 Å². The number of hydrogen-bond donors (Lipinski definition) is 1. The van der Waals surface area contributed by atoms with E-state index in [1.54, 1.807) is 0 Å². The van der Waals surface area contributed by atoms with Gasteiger partial charge in [-0.05, 0) is 37.1 Å². The standard InChI is InChI=1S/C13H20N2O2S/c1-15(2)13-5-3-11(4-6-13)14-12-7-9-18(16,17)10-8-12/h3-6,12,14H,7-10H2,1-2H3. The molecule has 0 amide bonds. The molecule has 2 rings (SSSR count). The molecule has 1 aromatic rings. The molecule has 0 aromatic heterocycles. The summed E-state index contributed by atoms with van der Waals surface area (Å²) in [6.45, 7) is 0. The highest BCUT2D eigenvalue weighted by Gasteiger charge is 2.23. The largest absolute Gasteiger partial charge is 0.382 e. The van der Waals surface area contributed by atoms with Crippen molar-refractivity contribution in [3.8, 4) is 0 Å². The minimum atomic E-state index is -2.77. The van der Waals surface area contributed by atoms with Gasteiger partial charge in [-0.15, -0.1) is 0 Å². The van der Waals surface area contributed by atoms with E-state index in [1.165, 1.54) is 0 Å². The molecule has 1 aromatic carbocycles. The highest BCUT2D eigenvalue weighted by atomic mass is 32.2. The van der Waals surface area contributed by atoms with Crippen molar-refractivity contribution >= 4 is 21.2 Å². The Bertz CT molecular complexity index is 480. The first-order valence-electron chi connectivity index (χ1n) is 6.21. The fourth-order valence-electron chi connectivity index (χ4n) is 2.13. The van der Waals surface area contributed by atoms with Crippen LogP contribution in [0.3, 0.4) is 0 Å². The second kappa shape index (κ2) is 5.18. The molecule has 0 radical (unpaired) electrons. The van der Waals surface area contributed by atoms with Gasteiger partial charge in [0.05, 0.1) is 11.5 Å². The van der Waals surface area contributed by atoms with Crippen molar-refractivity contribution in [3.63, 3.8) is 0 Å². The SMILES string of the molecule is CN(C)c1ccc(NC2CCS(=O)(=O)CC2)cc1. The van der Waals surface area contributed by atoms with Crippen LogP contribution >= 0.6 is 0 Å². The van der Waals surface area contributed by atoms with Gasteiger partial charge in [0.25, 0.3) is 0 Å². The number of benzene rings is 1. The number of sulfone groups is 1. The van der Waals surface area contributed by atoms with Crippen LogP contribution in [-0.4, -0.2) is 40.1 Å². The van der Waals surface area contributed by atoms with Gasteiger partial charge in [-0.25, -0.2) is 8.42 Å². The molecule has 1 aliphatic rings. The van der Waals surface area contributed by atoms with Crippen molar-refractivity contribution in [3.05, 3.63) is 24.3 Å². The number of nitrogens with one attached hydrogen (secondary N) is 1. The first-order valence-corrected chi connectivity index (χ1v) is 8.03. The van der Waals surface area contributed by atoms with Gasteiger partial charge < -0.3 is 10.2 Å². The van der Waals surface area contributed by atoms with Crippen LogP contribution in [0.5, 0.6) is 0 Å². The maximum absolute atomic E-state index is 11.3. The Balaban J connectivity index is 1.94. The van der Waals surface area contributed by atoms with Crippen LogP contribution in [0, 0.1) is 0 Å². The second-order valence-electron chi connectivity index (χ2n) is 5.01. The Morgan fingerprint density at radius 3 is 2.17 bits per heavy atom. The quantitative estimate of drug-likeness (QED) is 0.907. The Morgan fingerprint density at radius 2 is 1.67 bits per heavy atom. The first kappa shape index (κ1) is 13.2. The predicted octanol–water partition coefficient (Wildman–Crippen LogP) is 1.74. The summed E-state index contributed by atoms with van der Waals surface area (Å²) in [7, 11) is 1.24. The summed E-state index contributed by atoms with van der Waals surface area (Å²) in [5, 5.41) is 3.40. The normalized spacial score (nSPS) is 19.4. The molecule has 18 heavy (non-hydrogen) atoms. The molecule has 0 bridgehead atoms. The minimum absolute atomic E-state index is 0.277. The van der Waals surface area contributed by atoms with E-state index in [2.05, 4.69) is 22.3 Å². The molecule has 1 N–H and O–H groups in total. The van der Waals surface area contributed by atoms with E-state index in [0.717, 1.165) is 11.4 Å². The fourth-order valence-corrected chi connectivity index (χ4v) is 3.62. The van der Waals surface area contributed by atoms with Crippen LogP contribution < -0.4 is 10.2 Å². The Labute approximate surface area is 109 Å². The summed E-state index contributed by atoms with van der Waals surface area (Å²) in [6.07, 6.45) is 1.41.